The molecule has 3 aromatic carbocycles. The monoisotopic (exact) mass is 379 g/mol. The summed E-state index contributed by atoms with van der Waals surface area (Å²) in [5, 5.41) is 0. The molecule has 0 saturated carbocycles. The van der Waals surface area contributed by atoms with Crippen LogP contribution >= 0.6 is 0 Å². The Labute approximate surface area is 170 Å². The number of hydrogen-bond acceptors (Lipinski definition) is 2. The van der Waals surface area contributed by atoms with Crippen molar-refractivity contribution < 1.29 is 9.59 Å². The van der Waals surface area contributed by atoms with Gasteiger partial charge in [-0.25, -0.2) is 0 Å². The van der Waals surface area contributed by atoms with Crippen molar-refractivity contribution in [2.45, 2.75) is 38.1 Å². The third-order valence-corrected chi connectivity index (χ3v) is 6.82. The minimum absolute atomic E-state index is 0.147. The van der Waals surface area contributed by atoms with Gasteiger partial charge in [0.05, 0.1) is 17.2 Å². The lowest BCUT2D eigenvalue weighted by atomic mass is 9.76. The Bertz CT molecular complexity index is 1160. The zero-order valence-electron chi connectivity index (χ0n) is 16.2. The number of rotatable bonds is 1. The number of carbonyl (C=O) groups excluding carboxylic acids is 2. The van der Waals surface area contributed by atoms with Crippen LogP contribution in [-0.2, 0) is 19.3 Å². The molecule has 0 aromatic heterocycles. The first-order valence-corrected chi connectivity index (χ1v) is 10.4. The predicted molar refractivity (Wildman–Crippen MR) is 112 cm³/mol. The second kappa shape index (κ2) is 6.15. The largest absolute Gasteiger partial charge is 0.269 e. The molecule has 29 heavy (non-hydrogen) atoms. The highest BCUT2D eigenvalue weighted by Crippen LogP contribution is 2.44. The van der Waals surface area contributed by atoms with Crippen molar-refractivity contribution in [3.8, 4) is 11.1 Å². The summed E-state index contributed by atoms with van der Waals surface area (Å²) in [5.41, 5.74) is 9.10. The van der Waals surface area contributed by atoms with Crippen LogP contribution in [0, 0.1) is 0 Å². The fraction of sp³-hybridized carbons (Fsp3) is 0.231. The smallest absolute Gasteiger partial charge is 0.262 e. The van der Waals surface area contributed by atoms with E-state index >= 15 is 0 Å². The van der Waals surface area contributed by atoms with E-state index in [0.717, 1.165) is 32.1 Å². The molecule has 2 amide bonds. The summed E-state index contributed by atoms with van der Waals surface area (Å²) in [6.07, 6.45) is 4.96. The summed E-state index contributed by atoms with van der Waals surface area (Å²) >= 11 is 0. The first-order chi connectivity index (χ1) is 14.2. The third kappa shape index (κ3) is 2.30. The van der Waals surface area contributed by atoms with E-state index in [2.05, 4.69) is 36.4 Å². The van der Waals surface area contributed by atoms with Gasteiger partial charge in [-0.1, -0.05) is 48.5 Å². The van der Waals surface area contributed by atoms with Gasteiger partial charge in [0, 0.05) is 0 Å². The van der Waals surface area contributed by atoms with Crippen molar-refractivity contribution in [1.82, 2.24) is 4.90 Å². The molecule has 142 valence electrons. The maximum atomic E-state index is 13.1. The number of aryl methyl sites for hydroxylation is 1. The minimum Gasteiger partial charge on any atom is -0.269 e. The lowest BCUT2D eigenvalue weighted by molar-refractivity contribution is 0.0566. The maximum Gasteiger partial charge on any atom is 0.262 e. The zero-order chi connectivity index (χ0) is 19.5. The van der Waals surface area contributed by atoms with E-state index in [1.165, 1.54) is 38.3 Å². The molecule has 0 N–H and O–H groups in total. The second-order valence-electron chi connectivity index (χ2n) is 8.25. The molecule has 1 heterocycles. The minimum atomic E-state index is -0.159. The van der Waals surface area contributed by atoms with E-state index in [0.29, 0.717) is 11.1 Å². The van der Waals surface area contributed by atoms with Crippen molar-refractivity contribution >= 4 is 11.8 Å². The molecule has 3 aliphatic rings. The summed E-state index contributed by atoms with van der Waals surface area (Å²) in [6, 6.07) is 20.1. The van der Waals surface area contributed by atoms with Gasteiger partial charge < -0.3 is 0 Å². The van der Waals surface area contributed by atoms with Gasteiger partial charge in [-0.3, -0.25) is 14.5 Å². The standard InChI is InChI=1S/C26H21NO2/c28-25-22-8-3-4-9-23(22)26(29)27(25)24-11-5-10-18-20-13-12-16-6-1-2-7-17(16)19(20)14-15-21(18)24/h1-4,6-9,14-15,24H,5,10-13H2. The third-order valence-electron chi connectivity index (χ3n) is 6.82. The summed E-state index contributed by atoms with van der Waals surface area (Å²) < 4.78 is 0. The van der Waals surface area contributed by atoms with Crippen LogP contribution in [0.5, 0.6) is 0 Å². The topological polar surface area (TPSA) is 37.4 Å². The van der Waals surface area contributed by atoms with Crippen molar-refractivity contribution in [2.24, 2.45) is 0 Å². The molecular weight excluding hydrogens is 358 g/mol. The number of imide groups is 1. The maximum absolute atomic E-state index is 13.1. The number of carbonyl (C=O) groups is 2. The number of benzene rings is 3. The van der Waals surface area contributed by atoms with Crippen molar-refractivity contribution in [2.75, 3.05) is 0 Å². The van der Waals surface area contributed by atoms with Gasteiger partial charge in [-0.05, 0) is 77.6 Å². The van der Waals surface area contributed by atoms with Crippen LogP contribution in [0.15, 0.2) is 60.7 Å². The highest BCUT2D eigenvalue weighted by atomic mass is 16.2. The lowest BCUT2D eigenvalue weighted by Crippen LogP contribution is -2.36. The first-order valence-electron chi connectivity index (χ1n) is 10.4. The van der Waals surface area contributed by atoms with Gasteiger partial charge in [0.1, 0.15) is 0 Å². The average Bonchev–Trinajstić information content (AvgIpc) is 3.03. The quantitative estimate of drug-likeness (QED) is 0.550. The Morgan fingerprint density at radius 1 is 0.655 bits per heavy atom. The summed E-state index contributed by atoms with van der Waals surface area (Å²) in [5.74, 6) is -0.293. The van der Waals surface area contributed by atoms with Gasteiger partial charge in [0.15, 0.2) is 0 Å². The summed E-state index contributed by atoms with van der Waals surface area (Å²) in [6.45, 7) is 0. The van der Waals surface area contributed by atoms with E-state index in [1.807, 2.05) is 12.1 Å². The van der Waals surface area contributed by atoms with Gasteiger partial charge in [0.25, 0.3) is 11.8 Å². The van der Waals surface area contributed by atoms with Crippen LogP contribution in [0.1, 0.15) is 61.9 Å². The van der Waals surface area contributed by atoms with E-state index in [9.17, 15) is 9.59 Å². The van der Waals surface area contributed by atoms with E-state index in [1.54, 1.807) is 12.1 Å². The molecule has 2 aliphatic carbocycles. The summed E-state index contributed by atoms with van der Waals surface area (Å²) in [7, 11) is 0. The lowest BCUT2D eigenvalue weighted by Gasteiger charge is -2.35. The average molecular weight is 379 g/mol. The molecule has 1 atom stereocenters. The van der Waals surface area contributed by atoms with E-state index < -0.39 is 0 Å². The van der Waals surface area contributed by atoms with Crippen LogP contribution in [0.2, 0.25) is 0 Å². The summed E-state index contributed by atoms with van der Waals surface area (Å²) in [4.78, 5) is 27.7. The van der Waals surface area contributed by atoms with E-state index in [4.69, 9.17) is 0 Å². The van der Waals surface area contributed by atoms with Gasteiger partial charge >= 0.3 is 0 Å². The highest BCUT2D eigenvalue weighted by Gasteiger charge is 2.42. The molecule has 0 bridgehead atoms. The molecule has 0 spiro atoms. The number of nitrogens with zero attached hydrogens (tertiary/aromatic N) is 1. The van der Waals surface area contributed by atoms with Crippen molar-refractivity contribution in [3.63, 3.8) is 0 Å². The van der Waals surface area contributed by atoms with Crippen LogP contribution < -0.4 is 0 Å². The molecule has 3 aromatic rings. The molecule has 0 saturated heterocycles. The molecular formula is C26H21NO2. The fourth-order valence-electron chi connectivity index (χ4n) is 5.50. The van der Waals surface area contributed by atoms with E-state index in [-0.39, 0.29) is 17.9 Å². The van der Waals surface area contributed by atoms with Crippen LogP contribution in [0.3, 0.4) is 0 Å². The zero-order valence-corrected chi connectivity index (χ0v) is 16.2. The number of fused-ring (bicyclic) bond motifs is 6. The Kier molecular flexibility index (Phi) is 3.55. The predicted octanol–water partition coefficient (Wildman–Crippen LogP) is 5.13. The van der Waals surface area contributed by atoms with Crippen molar-refractivity contribution in [3.05, 3.63) is 94.0 Å². The van der Waals surface area contributed by atoms with Gasteiger partial charge in [-0.2, -0.15) is 0 Å². The molecule has 0 fully saturated rings. The van der Waals surface area contributed by atoms with Crippen molar-refractivity contribution in [1.29, 1.82) is 0 Å². The van der Waals surface area contributed by atoms with Crippen LogP contribution in [-0.4, -0.2) is 16.7 Å². The normalized spacial score (nSPS) is 19.4. The Balaban J connectivity index is 1.47. The fourth-order valence-corrected chi connectivity index (χ4v) is 5.50. The number of amides is 2. The highest BCUT2D eigenvalue weighted by molar-refractivity contribution is 6.21. The molecule has 3 nitrogen and oxygen atoms in total. The van der Waals surface area contributed by atoms with Crippen LogP contribution in [0.25, 0.3) is 11.1 Å². The van der Waals surface area contributed by atoms with Gasteiger partial charge in [0.2, 0.25) is 0 Å². The molecule has 6 rings (SSSR count). The molecule has 1 unspecified atom stereocenters. The molecule has 0 radical (unpaired) electrons. The first kappa shape index (κ1) is 16.7. The second-order valence-corrected chi connectivity index (χ2v) is 8.25. The Hall–Kier alpha value is -3.20. The Morgan fingerprint density at radius 2 is 1.34 bits per heavy atom. The van der Waals surface area contributed by atoms with Crippen LogP contribution in [0.4, 0.5) is 0 Å². The van der Waals surface area contributed by atoms with Gasteiger partial charge in [-0.15, -0.1) is 0 Å². The number of hydrogen-bond donors (Lipinski definition) is 0. The molecule has 3 heteroatoms. The SMILES string of the molecule is O=C1c2ccccc2C(=O)N1C1CCCc2c1ccc1c2CCc2ccccc2-1. The Morgan fingerprint density at radius 3 is 2.10 bits per heavy atom. The molecule has 1 aliphatic heterocycles.